The first-order valence-corrected chi connectivity index (χ1v) is 7.34. The Morgan fingerprint density at radius 3 is 2.86 bits per heavy atom. The molecule has 2 aromatic rings. The van der Waals surface area contributed by atoms with Gasteiger partial charge >= 0.3 is 0 Å². The summed E-state index contributed by atoms with van der Waals surface area (Å²) in [5, 5.41) is 3.35. The van der Waals surface area contributed by atoms with Crippen LogP contribution in [0.1, 0.15) is 40.6 Å². The Morgan fingerprint density at radius 2 is 2.14 bits per heavy atom. The molecule has 1 N–H and O–H groups in total. The first-order chi connectivity index (χ1) is 10.2. The van der Waals surface area contributed by atoms with Crippen molar-refractivity contribution in [3.05, 3.63) is 53.5 Å². The summed E-state index contributed by atoms with van der Waals surface area (Å²) in [7, 11) is 1.97. The maximum absolute atomic E-state index is 12.8. The minimum Gasteiger partial charge on any atom is -0.469 e. The molecule has 0 aliphatic carbocycles. The number of anilines is 1. The van der Waals surface area contributed by atoms with Crippen molar-refractivity contribution < 1.29 is 9.21 Å². The van der Waals surface area contributed by atoms with Crippen molar-refractivity contribution >= 4 is 11.6 Å². The molecule has 110 valence electrons. The number of para-hydroxylation sites is 1. The highest BCUT2D eigenvalue weighted by Crippen LogP contribution is 2.33. The number of fused-ring (bicyclic) bond motifs is 1. The van der Waals surface area contributed by atoms with E-state index in [9.17, 15) is 4.79 Å². The normalized spacial score (nSPS) is 18.2. The zero-order chi connectivity index (χ0) is 14.8. The van der Waals surface area contributed by atoms with Crippen molar-refractivity contribution in [2.45, 2.75) is 25.8 Å². The van der Waals surface area contributed by atoms with Crippen LogP contribution in [0.15, 0.2) is 41.0 Å². The number of carbonyl (C=O) groups is 1. The predicted molar refractivity (Wildman–Crippen MR) is 82.6 cm³/mol. The first kappa shape index (κ1) is 13.9. The molecule has 0 saturated carbocycles. The molecule has 0 fully saturated rings. The number of nitrogens with zero attached hydrogens (tertiary/aromatic N) is 1. The third-order valence-electron chi connectivity index (χ3n) is 4.16. The zero-order valence-electron chi connectivity index (χ0n) is 12.4. The fourth-order valence-electron chi connectivity index (χ4n) is 3.02. The van der Waals surface area contributed by atoms with E-state index in [0.29, 0.717) is 17.4 Å². The van der Waals surface area contributed by atoms with Gasteiger partial charge in [-0.25, -0.2) is 0 Å². The van der Waals surface area contributed by atoms with E-state index >= 15 is 0 Å². The lowest BCUT2D eigenvalue weighted by molar-refractivity contribution is 0.0985. The standard InChI is InChI=1S/C17H20N2O2/c1-12-13(9-11-21-12)17(20)19-10-5-7-15(18-2)14-6-3-4-8-16(14)19/h3-4,6,8-9,11,15,18H,5,7,10H2,1-2H3. The molecule has 0 saturated heterocycles. The molecule has 1 aromatic heterocycles. The van der Waals surface area contributed by atoms with Crippen LogP contribution in [0.3, 0.4) is 0 Å². The summed E-state index contributed by atoms with van der Waals surface area (Å²) >= 11 is 0. The Morgan fingerprint density at radius 1 is 1.33 bits per heavy atom. The lowest BCUT2D eigenvalue weighted by Crippen LogP contribution is -2.32. The Balaban J connectivity index is 2.03. The number of hydrogen-bond acceptors (Lipinski definition) is 3. The SMILES string of the molecule is CNC1CCCN(C(=O)c2ccoc2C)c2ccccc21. The Bertz CT molecular complexity index is 648. The van der Waals surface area contributed by atoms with Crippen molar-refractivity contribution in [1.82, 2.24) is 5.32 Å². The summed E-state index contributed by atoms with van der Waals surface area (Å²) in [6.07, 6.45) is 3.58. The van der Waals surface area contributed by atoms with Crippen LogP contribution in [-0.4, -0.2) is 19.5 Å². The van der Waals surface area contributed by atoms with Crippen LogP contribution in [0.2, 0.25) is 0 Å². The molecule has 1 unspecified atom stereocenters. The molecule has 4 heteroatoms. The Labute approximate surface area is 124 Å². The minimum atomic E-state index is 0.0189. The number of nitrogens with one attached hydrogen (secondary N) is 1. The molecule has 0 bridgehead atoms. The van der Waals surface area contributed by atoms with E-state index in [2.05, 4.69) is 11.4 Å². The van der Waals surface area contributed by atoms with Gasteiger partial charge in [0.25, 0.3) is 5.91 Å². The summed E-state index contributed by atoms with van der Waals surface area (Å²) in [5.74, 6) is 0.692. The molecule has 0 radical (unpaired) electrons. The summed E-state index contributed by atoms with van der Waals surface area (Å²) in [6, 6.07) is 10.2. The maximum Gasteiger partial charge on any atom is 0.261 e. The van der Waals surface area contributed by atoms with Gasteiger partial charge in [-0.05, 0) is 44.5 Å². The van der Waals surface area contributed by atoms with Gasteiger partial charge in [-0.15, -0.1) is 0 Å². The molecule has 1 aromatic carbocycles. The number of aryl methyl sites for hydroxylation is 1. The van der Waals surface area contributed by atoms with Gasteiger partial charge in [-0.3, -0.25) is 4.79 Å². The van der Waals surface area contributed by atoms with Gasteiger partial charge in [0.15, 0.2) is 0 Å². The molecule has 1 amide bonds. The van der Waals surface area contributed by atoms with Crippen molar-refractivity contribution in [3.8, 4) is 0 Å². The monoisotopic (exact) mass is 284 g/mol. The van der Waals surface area contributed by atoms with Crippen LogP contribution in [0.25, 0.3) is 0 Å². The van der Waals surface area contributed by atoms with E-state index in [-0.39, 0.29) is 5.91 Å². The van der Waals surface area contributed by atoms with Crippen molar-refractivity contribution in [1.29, 1.82) is 0 Å². The average molecular weight is 284 g/mol. The van der Waals surface area contributed by atoms with E-state index in [4.69, 9.17) is 4.42 Å². The van der Waals surface area contributed by atoms with Gasteiger partial charge < -0.3 is 14.6 Å². The molecule has 1 atom stereocenters. The number of carbonyl (C=O) groups excluding carboxylic acids is 1. The summed E-state index contributed by atoms with van der Waals surface area (Å²) < 4.78 is 5.28. The Kier molecular flexibility index (Phi) is 3.80. The van der Waals surface area contributed by atoms with Crippen molar-refractivity contribution in [2.75, 3.05) is 18.5 Å². The van der Waals surface area contributed by atoms with Gasteiger partial charge in [0.2, 0.25) is 0 Å². The minimum absolute atomic E-state index is 0.0189. The number of rotatable bonds is 2. The smallest absolute Gasteiger partial charge is 0.261 e. The van der Waals surface area contributed by atoms with E-state index in [1.165, 1.54) is 5.56 Å². The van der Waals surface area contributed by atoms with Crippen molar-refractivity contribution in [2.24, 2.45) is 0 Å². The molecule has 3 rings (SSSR count). The van der Waals surface area contributed by atoms with Gasteiger partial charge in [0.05, 0.1) is 11.8 Å². The van der Waals surface area contributed by atoms with Gasteiger partial charge in [0, 0.05) is 18.3 Å². The summed E-state index contributed by atoms with van der Waals surface area (Å²) in [5.41, 5.74) is 2.83. The molecular weight excluding hydrogens is 264 g/mol. The van der Waals surface area contributed by atoms with Gasteiger partial charge in [-0.1, -0.05) is 18.2 Å². The maximum atomic E-state index is 12.8. The molecular formula is C17H20N2O2. The molecule has 2 heterocycles. The highest BCUT2D eigenvalue weighted by atomic mass is 16.3. The van der Waals surface area contributed by atoms with Crippen LogP contribution in [-0.2, 0) is 0 Å². The lowest BCUT2D eigenvalue weighted by Gasteiger charge is -2.23. The highest BCUT2D eigenvalue weighted by molar-refractivity contribution is 6.07. The summed E-state index contributed by atoms with van der Waals surface area (Å²) in [6.45, 7) is 2.56. The predicted octanol–water partition coefficient (Wildman–Crippen LogP) is 3.29. The zero-order valence-corrected chi connectivity index (χ0v) is 12.4. The van der Waals surface area contributed by atoms with E-state index < -0.39 is 0 Å². The molecule has 1 aliphatic heterocycles. The number of furan rings is 1. The van der Waals surface area contributed by atoms with Gasteiger partial charge in [-0.2, -0.15) is 0 Å². The second-order valence-electron chi connectivity index (χ2n) is 5.39. The molecule has 4 nitrogen and oxygen atoms in total. The van der Waals surface area contributed by atoms with Crippen LogP contribution < -0.4 is 10.2 Å². The second-order valence-corrected chi connectivity index (χ2v) is 5.39. The fourth-order valence-corrected chi connectivity index (χ4v) is 3.02. The molecule has 0 spiro atoms. The number of amides is 1. The average Bonchev–Trinajstić information content (AvgIpc) is 2.84. The largest absolute Gasteiger partial charge is 0.469 e. The summed E-state index contributed by atoms with van der Waals surface area (Å²) in [4.78, 5) is 14.7. The first-order valence-electron chi connectivity index (χ1n) is 7.34. The van der Waals surface area contributed by atoms with Gasteiger partial charge in [0.1, 0.15) is 5.76 Å². The number of hydrogen-bond donors (Lipinski definition) is 1. The van der Waals surface area contributed by atoms with Crippen LogP contribution in [0, 0.1) is 6.92 Å². The van der Waals surface area contributed by atoms with E-state index in [0.717, 1.165) is 25.1 Å². The van der Waals surface area contributed by atoms with Crippen LogP contribution in [0.5, 0.6) is 0 Å². The third-order valence-corrected chi connectivity index (χ3v) is 4.16. The van der Waals surface area contributed by atoms with E-state index in [1.807, 2.05) is 37.1 Å². The number of benzene rings is 1. The quantitative estimate of drug-likeness (QED) is 0.920. The molecule has 1 aliphatic rings. The van der Waals surface area contributed by atoms with Crippen molar-refractivity contribution in [3.63, 3.8) is 0 Å². The van der Waals surface area contributed by atoms with E-state index in [1.54, 1.807) is 12.3 Å². The second kappa shape index (κ2) is 5.74. The fraction of sp³-hybridized carbons (Fsp3) is 0.353. The van der Waals surface area contributed by atoms with Crippen LogP contribution in [0.4, 0.5) is 5.69 Å². The topological polar surface area (TPSA) is 45.5 Å². The molecule has 21 heavy (non-hydrogen) atoms. The Hall–Kier alpha value is -2.07. The third kappa shape index (κ3) is 2.47. The highest BCUT2D eigenvalue weighted by Gasteiger charge is 2.27. The lowest BCUT2D eigenvalue weighted by atomic mass is 10.0. The van der Waals surface area contributed by atoms with Crippen LogP contribution >= 0.6 is 0 Å².